The van der Waals surface area contributed by atoms with Crippen LogP contribution in [-0.2, 0) is 9.59 Å². The molecule has 136 valence electrons. The number of hydrogen-bond acceptors (Lipinski definition) is 4. The molecule has 2 aliphatic rings. The zero-order valence-corrected chi connectivity index (χ0v) is 14.8. The number of hydrogen-bond donors (Lipinski definition) is 0. The molecule has 2 amide bonds. The van der Waals surface area contributed by atoms with Crippen molar-refractivity contribution in [2.24, 2.45) is 5.92 Å². The van der Waals surface area contributed by atoms with Gasteiger partial charge in [0.15, 0.2) is 11.3 Å². The van der Waals surface area contributed by atoms with Crippen LogP contribution in [0.1, 0.15) is 18.6 Å². The molecule has 0 spiro atoms. The van der Waals surface area contributed by atoms with Crippen molar-refractivity contribution in [2.45, 2.75) is 12.8 Å². The summed E-state index contributed by atoms with van der Waals surface area (Å²) in [5.41, 5.74) is 0.675. The van der Waals surface area contributed by atoms with Gasteiger partial charge in [0.25, 0.3) is 0 Å². The van der Waals surface area contributed by atoms with Gasteiger partial charge in [0.2, 0.25) is 11.8 Å². The summed E-state index contributed by atoms with van der Waals surface area (Å²) < 4.78 is 11.1. The zero-order chi connectivity index (χ0) is 18.1. The third kappa shape index (κ3) is 3.31. The normalized spacial score (nSPS) is 17.9. The Balaban J connectivity index is 1.38. The van der Waals surface area contributed by atoms with Crippen LogP contribution in [0.2, 0.25) is 0 Å². The van der Waals surface area contributed by atoms with E-state index in [0.717, 1.165) is 18.2 Å². The van der Waals surface area contributed by atoms with Crippen molar-refractivity contribution in [1.29, 1.82) is 0 Å². The van der Waals surface area contributed by atoms with Crippen LogP contribution in [0, 0.1) is 5.92 Å². The third-order valence-electron chi connectivity index (χ3n) is 4.97. The van der Waals surface area contributed by atoms with Crippen molar-refractivity contribution >= 4 is 28.9 Å². The van der Waals surface area contributed by atoms with Gasteiger partial charge in [0.05, 0.1) is 7.11 Å². The van der Waals surface area contributed by atoms with Crippen molar-refractivity contribution in [1.82, 2.24) is 9.80 Å². The number of amides is 2. The van der Waals surface area contributed by atoms with Crippen molar-refractivity contribution in [3.8, 4) is 5.75 Å². The Bertz CT molecular complexity index is 858. The standard InChI is InChI=1S/C20H22N2O4/c1-25-17-4-2-3-15-13-16(26-19(15)17)7-8-18(23)21-9-11-22(12-10-21)20(24)14-5-6-14/h2-4,7-8,13-14H,5-6,9-12H2,1H3/b8-7+. The number of nitrogens with zero attached hydrogens (tertiary/aromatic N) is 2. The number of rotatable bonds is 4. The number of fused-ring (bicyclic) bond motifs is 1. The Morgan fingerprint density at radius 2 is 1.88 bits per heavy atom. The van der Waals surface area contributed by atoms with Gasteiger partial charge in [0.1, 0.15) is 5.76 Å². The average molecular weight is 354 g/mol. The summed E-state index contributed by atoms with van der Waals surface area (Å²) in [5, 5.41) is 0.934. The van der Waals surface area contributed by atoms with Crippen molar-refractivity contribution < 1.29 is 18.7 Å². The Morgan fingerprint density at radius 3 is 2.58 bits per heavy atom. The molecule has 0 bridgehead atoms. The van der Waals surface area contributed by atoms with Gasteiger partial charge in [-0.1, -0.05) is 12.1 Å². The molecule has 2 fully saturated rings. The molecule has 1 saturated heterocycles. The molecule has 6 nitrogen and oxygen atoms in total. The lowest BCUT2D eigenvalue weighted by atomic mass is 10.2. The molecule has 4 rings (SSSR count). The Hall–Kier alpha value is -2.76. The first-order valence-electron chi connectivity index (χ1n) is 8.98. The van der Waals surface area contributed by atoms with E-state index in [4.69, 9.17) is 9.15 Å². The van der Waals surface area contributed by atoms with Crippen LogP contribution in [0.25, 0.3) is 17.0 Å². The van der Waals surface area contributed by atoms with E-state index in [1.165, 1.54) is 6.08 Å². The number of methoxy groups -OCH3 is 1. The maximum Gasteiger partial charge on any atom is 0.246 e. The first-order valence-corrected chi connectivity index (χ1v) is 8.98. The fourth-order valence-electron chi connectivity index (χ4n) is 3.29. The Morgan fingerprint density at radius 1 is 1.15 bits per heavy atom. The molecule has 1 saturated carbocycles. The average Bonchev–Trinajstić information content (AvgIpc) is 3.44. The van der Waals surface area contributed by atoms with Crippen LogP contribution >= 0.6 is 0 Å². The lowest BCUT2D eigenvalue weighted by Crippen LogP contribution is -2.50. The molecule has 0 radical (unpaired) electrons. The zero-order valence-electron chi connectivity index (χ0n) is 14.8. The van der Waals surface area contributed by atoms with Gasteiger partial charge >= 0.3 is 0 Å². The monoisotopic (exact) mass is 354 g/mol. The van der Waals surface area contributed by atoms with E-state index in [1.54, 1.807) is 18.1 Å². The van der Waals surface area contributed by atoms with Crippen molar-refractivity contribution in [2.75, 3.05) is 33.3 Å². The Labute approximate surface area is 152 Å². The van der Waals surface area contributed by atoms with E-state index < -0.39 is 0 Å². The number of carbonyl (C=O) groups excluding carboxylic acids is 2. The first kappa shape index (κ1) is 16.7. The summed E-state index contributed by atoms with van der Waals surface area (Å²) >= 11 is 0. The van der Waals surface area contributed by atoms with Gasteiger partial charge in [-0.25, -0.2) is 0 Å². The smallest absolute Gasteiger partial charge is 0.246 e. The van der Waals surface area contributed by atoms with Gasteiger partial charge in [-0.05, 0) is 31.1 Å². The van der Waals surface area contributed by atoms with Crippen LogP contribution in [-0.4, -0.2) is 54.9 Å². The summed E-state index contributed by atoms with van der Waals surface area (Å²) in [6.07, 6.45) is 5.25. The molecule has 26 heavy (non-hydrogen) atoms. The summed E-state index contributed by atoms with van der Waals surface area (Å²) in [5.74, 6) is 1.72. The number of para-hydroxylation sites is 1. The predicted octanol–water partition coefficient (Wildman–Crippen LogP) is 2.54. The fourth-order valence-corrected chi connectivity index (χ4v) is 3.29. The minimum absolute atomic E-state index is 0.0593. The minimum Gasteiger partial charge on any atom is -0.493 e. The largest absolute Gasteiger partial charge is 0.493 e. The molecule has 1 aromatic heterocycles. The van der Waals surface area contributed by atoms with E-state index in [2.05, 4.69) is 0 Å². The highest BCUT2D eigenvalue weighted by molar-refractivity contribution is 5.93. The maximum absolute atomic E-state index is 12.4. The second-order valence-corrected chi connectivity index (χ2v) is 6.79. The van der Waals surface area contributed by atoms with Crippen LogP contribution in [0.4, 0.5) is 0 Å². The van der Waals surface area contributed by atoms with Crippen LogP contribution in [0.3, 0.4) is 0 Å². The van der Waals surface area contributed by atoms with Crippen LogP contribution in [0.15, 0.2) is 34.8 Å². The molecule has 2 aromatic rings. The van der Waals surface area contributed by atoms with Crippen LogP contribution in [0.5, 0.6) is 5.75 Å². The van der Waals surface area contributed by atoms with E-state index in [0.29, 0.717) is 43.3 Å². The first-order chi connectivity index (χ1) is 12.7. The van der Waals surface area contributed by atoms with E-state index in [1.807, 2.05) is 29.2 Å². The lowest BCUT2D eigenvalue weighted by molar-refractivity contribution is -0.138. The SMILES string of the molecule is COc1cccc2cc(/C=C/C(=O)N3CCN(C(=O)C4CC4)CC3)oc12. The van der Waals surface area contributed by atoms with Gasteiger partial charge in [-0.15, -0.1) is 0 Å². The number of ether oxygens (including phenoxy) is 1. The highest BCUT2D eigenvalue weighted by Gasteiger charge is 2.34. The molecular weight excluding hydrogens is 332 g/mol. The molecule has 2 heterocycles. The molecule has 0 N–H and O–H groups in total. The van der Waals surface area contributed by atoms with Crippen molar-refractivity contribution in [3.63, 3.8) is 0 Å². The predicted molar refractivity (Wildman–Crippen MR) is 97.7 cm³/mol. The third-order valence-corrected chi connectivity index (χ3v) is 4.97. The van der Waals surface area contributed by atoms with Gasteiger partial charge in [-0.3, -0.25) is 9.59 Å². The summed E-state index contributed by atoms with van der Waals surface area (Å²) in [7, 11) is 1.60. The number of piperazine rings is 1. The van der Waals surface area contributed by atoms with Gasteiger partial charge < -0.3 is 19.0 Å². The highest BCUT2D eigenvalue weighted by atomic mass is 16.5. The van der Waals surface area contributed by atoms with E-state index in [9.17, 15) is 9.59 Å². The molecule has 6 heteroatoms. The Kier molecular flexibility index (Phi) is 4.41. The van der Waals surface area contributed by atoms with E-state index >= 15 is 0 Å². The molecular formula is C20H22N2O4. The molecule has 0 atom stereocenters. The summed E-state index contributed by atoms with van der Waals surface area (Å²) in [6, 6.07) is 7.56. The number of carbonyl (C=O) groups is 2. The number of benzene rings is 1. The van der Waals surface area contributed by atoms with Crippen molar-refractivity contribution in [3.05, 3.63) is 36.1 Å². The van der Waals surface area contributed by atoms with Gasteiger partial charge in [-0.2, -0.15) is 0 Å². The second kappa shape index (κ2) is 6.86. The molecule has 1 aliphatic heterocycles. The lowest BCUT2D eigenvalue weighted by Gasteiger charge is -2.34. The molecule has 1 aliphatic carbocycles. The van der Waals surface area contributed by atoms with Crippen LogP contribution < -0.4 is 4.74 Å². The van der Waals surface area contributed by atoms with Gasteiger partial charge in [0, 0.05) is 43.6 Å². The maximum atomic E-state index is 12.4. The number of furan rings is 1. The molecule has 0 unspecified atom stereocenters. The second-order valence-electron chi connectivity index (χ2n) is 6.79. The topological polar surface area (TPSA) is 63.0 Å². The molecule has 1 aromatic carbocycles. The minimum atomic E-state index is -0.0593. The summed E-state index contributed by atoms with van der Waals surface area (Å²) in [6.45, 7) is 2.40. The quantitative estimate of drug-likeness (QED) is 0.792. The highest BCUT2D eigenvalue weighted by Crippen LogP contribution is 2.31. The fraction of sp³-hybridized carbons (Fsp3) is 0.400. The summed E-state index contributed by atoms with van der Waals surface area (Å²) in [4.78, 5) is 28.1. The van der Waals surface area contributed by atoms with E-state index in [-0.39, 0.29) is 17.7 Å².